The van der Waals surface area contributed by atoms with E-state index in [0.29, 0.717) is 0 Å². The molecule has 0 aliphatic carbocycles. The van der Waals surface area contributed by atoms with Crippen molar-refractivity contribution in [1.82, 2.24) is 0 Å². The summed E-state index contributed by atoms with van der Waals surface area (Å²) in [5.74, 6) is -0.649. The number of rotatable bonds is 2. The van der Waals surface area contributed by atoms with Crippen LogP contribution in [0.15, 0.2) is 18.2 Å². The van der Waals surface area contributed by atoms with Gasteiger partial charge in [0.05, 0.1) is 17.0 Å². The molecule has 0 aliphatic heterocycles. The third-order valence-electron chi connectivity index (χ3n) is 1.49. The van der Waals surface area contributed by atoms with E-state index in [1.54, 1.807) is 6.07 Å². The van der Waals surface area contributed by atoms with E-state index in [2.05, 4.69) is 0 Å². The van der Waals surface area contributed by atoms with Gasteiger partial charge >= 0.3 is 0 Å². The second-order valence-corrected chi connectivity index (χ2v) is 3.03. The zero-order valence-electron chi connectivity index (χ0n) is 6.10. The van der Waals surface area contributed by atoms with E-state index >= 15 is 0 Å². The summed E-state index contributed by atoms with van der Waals surface area (Å²) in [5, 5.41) is 9.20. The van der Waals surface area contributed by atoms with Crippen molar-refractivity contribution in [2.45, 2.75) is 6.10 Å². The quantitative estimate of drug-likeness (QED) is 0.742. The average Bonchev–Trinajstić information content (AvgIpc) is 2.08. The summed E-state index contributed by atoms with van der Waals surface area (Å²) in [7, 11) is 0. The molecule has 0 aromatic heterocycles. The number of hydrogen-bond donors (Lipinski definition) is 1. The van der Waals surface area contributed by atoms with Gasteiger partial charge in [-0.25, -0.2) is 4.39 Å². The number of hydrogen-bond acceptors (Lipinski definition) is 1. The maximum absolute atomic E-state index is 13.1. The number of benzene rings is 1. The molecule has 0 heterocycles. The Hall–Kier alpha value is -0.310. The Kier molecular flexibility index (Phi) is 3.32. The van der Waals surface area contributed by atoms with E-state index < -0.39 is 11.9 Å². The molecule has 4 heteroatoms. The van der Waals surface area contributed by atoms with Crippen LogP contribution in [0.5, 0.6) is 0 Å². The molecule has 0 amide bonds. The molecule has 0 saturated heterocycles. The molecule has 1 rings (SSSR count). The SMILES string of the molecule is O[C@@H](CCl)c1cccc(Cl)c1F. The van der Waals surface area contributed by atoms with Crippen molar-refractivity contribution in [2.24, 2.45) is 0 Å². The molecule has 0 radical (unpaired) electrons. The number of halogens is 3. The van der Waals surface area contributed by atoms with Crippen molar-refractivity contribution in [3.63, 3.8) is 0 Å². The van der Waals surface area contributed by atoms with Crippen molar-refractivity contribution in [3.05, 3.63) is 34.6 Å². The monoisotopic (exact) mass is 208 g/mol. The molecule has 0 unspecified atom stereocenters. The summed E-state index contributed by atoms with van der Waals surface area (Å²) < 4.78 is 13.1. The smallest absolute Gasteiger partial charge is 0.147 e. The van der Waals surface area contributed by atoms with Gasteiger partial charge in [-0.1, -0.05) is 23.7 Å². The molecule has 0 saturated carbocycles. The first-order chi connectivity index (χ1) is 5.66. The Balaban J connectivity index is 3.07. The van der Waals surface area contributed by atoms with Crippen LogP contribution in [0.1, 0.15) is 11.7 Å². The first-order valence-electron chi connectivity index (χ1n) is 3.34. The highest BCUT2D eigenvalue weighted by atomic mass is 35.5. The second kappa shape index (κ2) is 4.08. The molecule has 0 spiro atoms. The van der Waals surface area contributed by atoms with Gasteiger partial charge in [-0.2, -0.15) is 0 Å². The molecule has 66 valence electrons. The van der Waals surface area contributed by atoms with Crippen LogP contribution in [0.25, 0.3) is 0 Å². The highest BCUT2D eigenvalue weighted by Gasteiger charge is 2.13. The first-order valence-corrected chi connectivity index (χ1v) is 4.26. The van der Waals surface area contributed by atoms with Crippen LogP contribution >= 0.6 is 23.2 Å². The lowest BCUT2D eigenvalue weighted by atomic mass is 10.1. The number of aliphatic hydroxyl groups excluding tert-OH is 1. The lowest BCUT2D eigenvalue weighted by molar-refractivity contribution is 0.197. The van der Waals surface area contributed by atoms with E-state index in [-0.39, 0.29) is 16.5 Å². The summed E-state index contributed by atoms with van der Waals surface area (Å²) in [6.07, 6.45) is -0.995. The van der Waals surface area contributed by atoms with Gasteiger partial charge in [0.2, 0.25) is 0 Å². The van der Waals surface area contributed by atoms with Crippen molar-refractivity contribution >= 4 is 23.2 Å². The van der Waals surface area contributed by atoms with Crippen molar-refractivity contribution < 1.29 is 9.50 Å². The lowest BCUT2D eigenvalue weighted by Gasteiger charge is -2.08. The van der Waals surface area contributed by atoms with Crippen LogP contribution < -0.4 is 0 Å². The summed E-state index contributed by atoms with van der Waals surface area (Å²) in [6.45, 7) is 0. The molecular formula is C8H7Cl2FO. The Morgan fingerprint density at radius 2 is 2.17 bits per heavy atom. The zero-order valence-corrected chi connectivity index (χ0v) is 7.61. The summed E-state index contributed by atoms with van der Waals surface area (Å²) >= 11 is 10.8. The van der Waals surface area contributed by atoms with Gasteiger partial charge in [-0.3, -0.25) is 0 Å². The van der Waals surface area contributed by atoms with E-state index in [1.807, 2.05) is 0 Å². The Morgan fingerprint density at radius 3 is 2.75 bits per heavy atom. The predicted octanol–water partition coefficient (Wildman–Crippen LogP) is 2.75. The van der Waals surface area contributed by atoms with Gasteiger partial charge < -0.3 is 5.11 Å². The minimum atomic E-state index is -0.995. The zero-order chi connectivity index (χ0) is 9.14. The van der Waals surface area contributed by atoms with Crippen molar-refractivity contribution in [2.75, 3.05) is 5.88 Å². The molecule has 1 nitrogen and oxygen atoms in total. The Bertz CT molecular complexity index is 278. The fourth-order valence-electron chi connectivity index (χ4n) is 0.861. The fraction of sp³-hybridized carbons (Fsp3) is 0.250. The molecule has 0 aliphatic rings. The van der Waals surface area contributed by atoms with Gasteiger partial charge in [0.25, 0.3) is 0 Å². The van der Waals surface area contributed by atoms with Crippen LogP contribution in [0, 0.1) is 5.82 Å². The standard InChI is InChI=1S/C8H7Cl2FO/c9-4-7(12)5-2-1-3-6(10)8(5)11/h1-3,7,12H,4H2/t7-/m0/s1. The molecule has 1 aromatic rings. The van der Waals surface area contributed by atoms with Crippen molar-refractivity contribution in [3.8, 4) is 0 Å². The van der Waals surface area contributed by atoms with Crippen LogP contribution in [0.3, 0.4) is 0 Å². The van der Waals surface area contributed by atoms with Gasteiger partial charge in [-0.15, -0.1) is 11.6 Å². The molecule has 1 atom stereocenters. The minimum Gasteiger partial charge on any atom is -0.387 e. The van der Waals surface area contributed by atoms with E-state index in [4.69, 9.17) is 23.2 Å². The summed E-state index contributed by atoms with van der Waals surface area (Å²) in [4.78, 5) is 0. The molecule has 0 fully saturated rings. The Labute approximate surface area is 79.7 Å². The molecule has 1 aromatic carbocycles. The number of aliphatic hydroxyl groups is 1. The van der Waals surface area contributed by atoms with Gasteiger partial charge in [0, 0.05) is 5.56 Å². The first kappa shape index (κ1) is 9.78. The molecule has 1 N–H and O–H groups in total. The van der Waals surface area contributed by atoms with Gasteiger partial charge in [0.15, 0.2) is 0 Å². The molecule has 0 bridgehead atoms. The highest BCUT2D eigenvalue weighted by Crippen LogP contribution is 2.23. The molecular weight excluding hydrogens is 202 g/mol. The van der Waals surface area contributed by atoms with E-state index in [1.165, 1.54) is 12.1 Å². The fourth-order valence-corrected chi connectivity index (χ4v) is 1.21. The van der Waals surface area contributed by atoms with E-state index in [9.17, 15) is 9.50 Å². The summed E-state index contributed by atoms with van der Waals surface area (Å²) in [5.41, 5.74) is 0.137. The van der Waals surface area contributed by atoms with Gasteiger partial charge in [0.1, 0.15) is 5.82 Å². The van der Waals surface area contributed by atoms with Crippen LogP contribution in [-0.2, 0) is 0 Å². The average molecular weight is 209 g/mol. The second-order valence-electron chi connectivity index (χ2n) is 2.31. The Morgan fingerprint density at radius 1 is 1.50 bits per heavy atom. The van der Waals surface area contributed by atoms with E-state index in [0.717, 1.165) is 0 Å². The third-order valence-corrected chi connectivity index (χ3v) is 2.07. The van der Waals surface area contributed by atoms with Crippen LogP contribution in [-0.4, -0.2) is 11.0 Å². The lowest BCUT2D eigenvalue weighted by Crippen LogP contribution is -2.01. The molecule has 12 heavy (non-hydrogen) atoms. The van der Waals surface area contributed by atoms with Crippen LogP contribution in [0.2, 0.25) is 5.02 Å². The summed E-state index contributed by atoms with van der Waals surface area (Å²) in [6, 6.07) is 4.44. The van der Waals surface area contributed by atoms with Gasteiger partial charge in [-0.05, 0) is 6.07 Å². The topological polar surface area (TPSA) is 20.2 Å². The number of alkyl halides is 1. The maximum Gasteiger partial charge on any atom is 0.147 e. The largest absolute Gasteiger partial charge is 0.387 e. The third kappa shape index (κ3) is 1.89. The van der Waals surface area contributed by atoms with Crippen molar-refractivity contribution in [1.29, 1.82) is 0 Å². The predicted molar refractivity (Wildman–Crippen MR) is 47.1 cm³/mol. The minimum absolute atomic E-state index is 0.00309. The highest BCUT2D eigenvalue weighted by molar-refractivity contribution is 6.30. The maximum atomic E-state index is 13.1. The normalized spacial score (nSPS) is 13.0. The van der Waals surface area contributed by atoms with Crippen LogP contribution in [0.4, 0.5) is 4.39 Å².